The number of benzene rings is 1. The molecular weight excluding hydrogens is 338 g/mol. The van der Waals surface area contributed by atoms with E-state index >= 15 is 0 Å². The normalized spacial score (nSPS) is 22.9. The van der Waals surface area contributed by atoms with Gasteiger partial charge >= 0.3 is 0 Å². The first-order chi connectivity index (χ1) is 11.7. The van der Waals surface area contributed by atoms with E-state index in [1.165, 1.54) is 12.8 Å². The Morgan fingerprint density at radius 2 is 1.92 bits per heavy atom. The fourth-order valence-corrected chi connectivity index (χ4v) is 3.37. The molecule has 3 N–H and O–H groups in total. The Labute approximate surface area is 153 Å². The molecule has 1 aromatic carbocycles. The predicted molar refractivity (Wildman–Crippen MR) is 99.7 cm³/mol. The maximum atomic E-state index is 12.4. The van der Waals surface area contributed by atoms with Crippen molar-refractivity contribution in [3.8, 4) is 11.3 Å². The highest BCUT2D eigenvalue weighted by atomic mass is 35.5. The second-order valence-electron chi connectivity index (χ2n) is 7.03. The van der Waals surface area contributed by atoms with Gasteiger partial charge in [0.2, 0.25) is 5.91 Å². The van der Waals surface area contributed by atoms with E-state index in [4.69, 9.17) is 10.2 Å². The van der Waals surface area contributed by atoms with Crippen molar-refractivity contribution in [1.29, 1.82) is 0 Å². The van der Waals surface area contributed by atoms with Crippen molar-refractivity contribution in [3.05, 3.63) is 36.4 Å². The highest BCUT2D eigenvalue weighted by Crippen LogP contribution is 2.40. The van der Waals surface area contributed by atoms with Crippen LogP contribution in [0.15, 0.2) is 34.9 Å². The molecule has 0 saturated heterocycles. The zero-order valence-electron chi connectivity index (χ0n) is 14.1. The maximum absolute atomic E-state index is 12.4. The molecule has 2 aromatic rings. The minimum Gasteiger partial charge on any atom is -0.440 e. The number of aromatic nitrogens is 1. The number of hydrogen-bond acceptors (Lipinski definition) is 4. The molecule has 134 valence electrons. The molecule has 2 saturated carbocycles. The number of amides is 1. The van der Waals surface area contributed by atoms with E-state index in [1.807, 2.05) is 24.3 Å². The van der Waals surface area contributed by atoms with E-state index < -0.39 is 0 Å². The van der Waals surface area contributed by atoms with Crippen molar-refractivity contribution in [2.75, 3.05) is 5.32 Å². The van der Waals surface area contributed by atoms with E-state index in [0.717, 1.165) is 48.6 Å². The fraction of sp³-hybridized carbons (Fsp3) is 0.474. The quantitative estimate of drug-likeness (QED) is 0.859. The third-order valence-corrected chi connectivity index (χ3v) is 4.97. The summed E-state index contributed by atoms with van der Waals surface area (Å²) in [5.41, 5.74) is 7.76. The standard InChI is InChI=1S/C19H23N3O2.ClH/c20-15-3-1-2-14(10-15)18(23)22-16-8-6-12(7-9-16)17-11-21-19(24-17)13-4-5-13;/h6-9,11,13-15H,1-5,10,20H2,(H,22,23);1H. The Hall–Kier alpha value is -1.85. The number of hydrogen-bond donors (Lipinski definition) is 2. The van der Waals surface area contributed by atoms with Crippen LogP contribution in [0.2, 0.25) is 0 Å². The third kappa shape index (κ3) is 4.22. The van der Waals surface area contributed by atoms with E-state index in [1.54, 1.807) is 6.20 Å². The van der Waals surface area contributed by atoms with E-state index in [0.29, 0.717) is 5.92 Å². The molecule has 2 aliphatic carbocycles. The van der Waals surface area contributed by atoms with Crippen molar-refractivity contribution in [3.63, 3.8) is 0 Å². The zero-order chi connectivity index (χ0) is 16.5. The van der Waals surface area contributed by atoms with Crippen LogP contribution in [0.1, 0.15) is 50.3 Å². The van der Waals surface area contributed by atoms with E-state index in [2.05, 4.69) is 10.3 Å². The average Bonchev–Trinajstić information content (AvgIpc) is 3.33. The topological polar surface area (TPSA) is 81.2 Å². The Balaban J connectivity index is 0.00000182. The van der Waals surface area contributed by atoms with E-state index in [9.17, 15) is 4.79 Å². The van der Waals surface area contributed by atoms with Gasteiger partial charge in [-0.3, -0.25) is 4.79 Å². The van der Waals surface area contributed by atoms with Crippen LogP contribution < -0.4 is 11.1 Å². The number of carbonyl (C=O) groups excluding carboxylic acids is 1. The summed E-state index contributed by atoms with van der Waals surface area (Å²) in [6, 6.07) is 7.90. The molecular formula is C19H24ClN3O2. The number of carbonyl (C=O) groups is 1. The van der Waals surface area contributed by atoms with Crippen LogP contribution >= 0.6 is 12.4 Å². The van der Waals surface area contributed by atoms with Gasteiger partial charge in [0, 0.05) is 29.1 Å². The second-order valence-corrected chi connectivity index (χ2v) is 7.03. The molecule has 1 amide bonds. The van der Waals surface area contributed by atoms with Crippen LogP contribution in [0.25, 0.3) is 11.3 Å². The summed E-state index contributed by atoms with van der Waals surface area (Å²) in [5.74, 6) is 2.25. The van der Waals surface area contributed by atoms with Gasteiger partial charge in [0.25, 0.3) is 0 Å². The molecule has 5 nitrogen and oxygen atoms in total. The number of anilines is 1. The average molecular weight is 362 g/mol. The zero-order valence-corrected chi connectivity index (χ0v) is 14.9. The number of rotatable bonds is 4. The van der Waals surface area contributed by atoms with Gasteiger partial charge in [0.1, 0.15) is 0 Å². The molecule has 0 aliphatic heterocycles. The maximum Gasteiger partial charge on any atom is 0.227 e. The van der Waals surface area contributed by atoms with Crippen molar-refractivity contribution in [2.24, 2.45) is 11.7 Å². The molecule has 1 aromatic heterocycles. The minimum atomic E-state index is 0. The highest BCUT2D eigenvalue weighted by molar-refractivity contribution is 5.92. The smallest absolute Gasteiger partial charge is 0.227 e. The first-order valence-corrected chi connectivity index (χ1v) is 8.81. The van der Waals surface area contributed by atoms with Crippen molar-refractivity contribution in [1.82, 2.24) is 4.98 Å². The number of nitrogens with zero attached hydrogens (tertiary/aromatic N) is 1. The minimum absolute atomic E-state index is 0. The lowest BCUT2D eigenvalue weighted by atomic mass is 9.85. The van der Waals surface area contributed by atoms with Crippen LogP contribution in [0.4, 0.5) is 5.69 Å². The molecule has 2 atom stereocenters. The first-order valence-electron chi connectivity index (χ1n) is 8.81. The monoisotopic (exact) mass is 361 g/mol. The van der Waals surface area contributed by atoms with Crippen molar-refractivity contribution < 1.29 is 9.21 Å². The molecule has 0 spiro atoms. The Bertz CT molecular complexity index is 725. The lowest BCUT2D eigenvalue weighted by molar-refractivity contribution is -0.120. The van der Waals surface area contributed by atoms with Crippen LogP contribution in [0, 0.1) is 5.92 Å². The Morgan fingerprint density at radius 1 is 1.16 bits per heavy atom. The number of halogens is 1. The van der Waals surface area contributed by atoms with Gasteiger partial charge in [-0.05, 0) is 56.4 Å². The van der Waals surface area contributed by atoms with E-state index in [-0.39, 0.29) is 30.3 Å². The van der Waals surface area contributed by atoms with Gasteiger partial charge in [-0.2, -0.15) is 0 Å². The Kier molecular flexibility index (Phi) is 5.45. The highest BCUT2D eigenvalue weighted by Gasteiger charge is 2.28. The number of oxazole rings is 1. The summed E-state index contributed by atoms with van der Waals surface area (Å²) in [4.78, 5) is 16.7. The molecule has 1 heterocycles. The van der Waals surface area contributed by atoms with Gasteiger partial charge in [-0.1, -0.05) is 6.42 Å². The Morgan fingerprint density at radius 3 is 2.60 bits per heavy atom. The van der Waals surface area contributed by atoms with Crippen LogP contribution in [-0.2, 0) is 4.79 Å². The van der Waals surface area contributed by atoms with Crippen LogP contribution in [-0.4, -0.2) is 16.9 Å². The lowest BCUT2D eigenvalue weighted by Crippen LogP contribution is -2.34. The summed E-state index contributed by atoms with van der Waals surface area (Å²) < 4.78 is 5.81. The summed E-state index contributed by atoms with van der Waals surface area (Å²) in [6.07, 6.45) is 7.91. The van der Waals surface area contributed by atoms with Crippen molar-refractivity contribution >= 4 is 24.0 Å². The molecule has 2 aliphatic rings. The van der Waals surface area contributed by atoms with Gasteiger partial charge in [-0.25, -0.2) is 4.98 Å². The summed E-state index contributed by atoms with van der Waals surface area (Å²) in [6.45, 7) is 0. The molecule has 0 radical (unpaired) electrons. The molecule has 2 fully saturated rings. The van der Waals surface area contributed by atoms with Crippen LogP contribution in [0.3, 0.4) is 0 Å². The lowest BCUT2D eigenvalue weighted by Gasteiger charge is -2.25. The number of nitrogens with two attached hydrogens (primary N) is 1. The SMILES string of the molecule is Cl.NC1CCCC(C(=O)Nc2ccc(-c3cnc(C4CC4)o3)cc2)C1. The number of nitrogens with one attached hydrogen (secondary N) is 1. The molecule has 4 rings (SSSR count). The molecule has 25 heavy (non-hydrogen) atoms. The third-order valence-electron chi connectivity index (χ3n) is 4.97. The molecule has 0 bridgehead atoms. The van der Waals surface area contributed by atoms with Gasteiger partial charge in [-0.15, -0.1) is 12.4 Å². The van der Waals surface area contributed by atoms with Crippen LogP contribution in [0.5, 0.6) is 0 Å². The molecule has 2 unspecified atom stereocenters. The summed E-state index contributed by atoms with van der Waals surface area (Å²) >= 11 is 0. The van der Waals surface area contributed by atoms with Gasteiger partial charge in [0.05, 0.1) is 6.20 Å². The predicted octanol–water partition coefficient (Wildman–Crippen LogP) is 4.10. The largest absolute Gasteiger partial charge is 0.440 e. The summed E-state index contributed by atoms with van der Waals surface area (Å²) in [5, 5.41) is 3.00. The summed E-state index contributed by atoms with van der Waals surface area (Å²) in [7, 11) is 0. The van der Waals surface area contributed by atoms with Gasteiger partial charge < -0.3 is 15.5 Å². The molecule has 6 heteroatoms. The second kappa shape index (κ2) is 7.58. The van der Waals surface area contributed by atoms with Crippen molar-refractivity contribution in [2.45, 2.75) is 50.5 Å². The van der Waals surface area contributed by atoms with Gasteiger partial charge in [0.15, 0.2) is 11.7 Å². The first kappa shape index (κ1) is 18.0. The fourth-order valence-electron chi connectivity index (χ4n) is 3.37.